The van der Waals surface area contributed by atoms with Crippen LogP contribution in [0.15, 0.2) is 36.5 Å². The molecule has 0 aromatic carbocycles. The minimum absolute atomic E-state index is 0.0288. The number of hydrogen-bond donors (Lipinski definition) is 0. The molecular weight excluding hydrogens is 1010 g/mol. The summed E-state index contributed by atoms with van der Waals surface area (Å²) in [5, 5.41) is 0. The Labute approximate surface area is 497 Å². The molecule has 0 spiro atoms. The summed E-state index contributed by atoms with van der Waals surface area (Å²) in [4.78, 5) is 37.9. The highest BCUT2D eigenvalue weighted by atomic mass is 31.2. The molecule has 0 aromatic heterocycles. The SMILES string of the molecule is CCCCCCC/C=C\C/C=C\CCCCCCCCCCCCCCCCCCCCCCCCCCCCCC(=O)OC(COC(=O)CCCCCCCCC/C=C\CCCCCCCC)COP(=O)([O-])OCC[N+](C)(C)C. The Balaban J connectivity index is 3.89. The number of phosphoric acid groups is 1. The van der Waals surface area contributed by atoms with E-state index in [1.54, 1.807) is 0 Å². The Morgan fingerprint density at radius 2 is 0.675 bits per heavy atom. The zero-order valence-electron chi connectivity index (χ0n) is 53.8. The fraction of sp³-hybridized carbons (Fsp3) is 0.886. The number of esters is 2. The van der Waals surface area contributed by atoms with Gasteiger partial charge in [0.05, 0.1) is 27.7 Å². The Morgan fingerprint density at radius 1 is 0.388 bits per heavy atom. The van der Waals surface area contributed by atoms with E-state index in [0.29, 0.717) is 17.4 Å². The van der Waals surface area contributed by atoms with Crippen LogP contribution in [0.25, 0.3) is 0 Å². The summed E-state index contributed by atoms with van der Waals surface area (Å²) in [6, 6.07) is 0. The molecule has 2 atom stereocenters. The molecule has 0 aliphatic heterocycles. The number of phosphoric ester groups is 1. The minimum Gasteiger partial charge on any atom is -0.756 e. The molecule has 0 amide bonds. The lowest BCUT2D eigenvalue weighted by Crippen LogP contribution is -2.37. The summed E-state index contributed by atoms with van der Waals surface area (Å²) in [7, 11) is 1.18. The molecule has 472 valence electrons. The molecule has 9 nitrogen and oxygen atoms in total. The lowest BCUT2D eigenvalue weighted by atomic mass is 10.0. The van der Waals surface area contributed by atoms with Crippen LogP contribution in [0.2, 0.25) is 0 Å². The van der Waals surface area contributed by atoms with Crippen LogP contribution in [-0.4, -0.2) is 70.0 Å². The van der Waals surface area contributed by atoms with Gasteiger partial charge in [0.15, 0.2) is 6.10 Å². The minimum atomic E-state index is -4.64. The first-order valence-corrected chi connectivity index (χ1v) is 36.2. The molecule has 0 saturated carbocycles. The topological polar surface area (TPSA) is 111 Å². The summed E-state index contributed by atoms with van der Waals surface area (Å²) < 4.78 is 34.2. The van der Waals surface area contributed by atoms with Crippen molar-refractivity contribution in [3.63, 3.8) is 0 Å². The molecule has 0 aromatic rings. The summed E-state index contributed by atoms with van der Waals surface area (Å²) in [6.07, 6.45) is 78.1. The molecule has 0 N–H and O–H groups in total. The van der Waals surface area contributed by atoms with E-state index in [2.05, 4.69) is 50.3 Å². The Kier molecular flexibility index (Phi) is 60.4. The number of allylic oxidation sites excluding steroid dienone is 6. The molecule has 0 heterocycles. The van der Waals surface area contributed by atoms with E-state index in [1.807, 2.05) is 21.1 Å². The van der Waals surface area contributed by atoms with E-state index in [-0.39, 0.29) is 32.0 Å². The maximum absolute atomic E-state index is 12.8. The van der Waals surface area contributed by atoms with Gasteiger partial charge in [-0.1, -0.05) is 301 Å². The molecule has 0 fully saturated rings. The summed E-state index contributed by atoms with van der Waals surface area (Å²) in [6.45, 7) is 4.27. The van der Waals surface area contributed by atoms with Crippen molar-refractivity contribution in [3.05, 3.63) is 36.5 Å². The smallest absolute Gasteiger partial charge is 0.306 e. The van der Waals surface area contributed by atoms with Crippen molar-refractivity contribution in [1.82, 2.24) is 0 Å². The normalized spacial score (nSPS) is 13.3. The molecule has 10 heteroatoms. The predicted octanol–water partition coefficient (Wildman–Crippen LogP) is 21.6. The maximum Gasteiger partial charge on any atom is 0.306 e. The monoisotopic (exact) mass is 1150 g/mol. The molecule has 2 unspecified atom stereocenters. The lowest BCUT2D eigenvalue weighted by Gasteiger charge is -2.28. The lowest BCUT2D eigenvalue weighted by molar-refractivity contribution is -0.870. The van der Waals surface area contributed by atoms with Gasteiger partial charge in [0.2, 0.25) is 0 Å². The highest BCUT2D eigenvalue weighted by Gasteiger charge is 2.22. The molecule has 0 radical (unpaired) electrons. The summed E-state index contributed by atoms with van der Waals surface area (Å²) in [5.74, 6) is -0.820. The largest absolute Gasteiger partial charge is 0.756 e. The van der Waals surface area contributed by atoms with E-state index in [0.717, 1.165) is 51.4 Å². The number of nitrogens with zero attached hydrogens (tertiary/aromatic N) is 1. The van der Waals surface area contributed by atoms with E-state index in [9.17, 15) is 19.0 Å². The molecule has 0 aliphatic carbocycles. The number of rotatable bonds is 65. The second kappa shape index (κ2) is 61.8. The Morgan fingerprint density at radius 3 is 1.00 bits per heavy atom. The number of unbranched alkanes of at least 4 members (excludes halogenated alkanes) is 45. The molecular formula is C70H134NO8P. The van der Waals surface area contributed by atoms with Gasteiger partial charge in [0.1, 0.15) is 19.8 Å². The van der Waals surface area contributed by atoms with Crippen molar-refractivity contribution >= 4 is 19.8 Å². The first kappa shape index (κ1) is 78.2. The van der Waals surface area contributed by atoms with Crippen LogP contribution in [0.3, 0.4) is 0 Å². The second-order valence-corrected chi connectivity index (χ2v) is 26.3. The van der Waals surface area contributed by atoms with Crippen LogP contribution in [0.5, 0.6) is 0 Å². The number of ether oxygens (including phenoxy) is 2. The molecule has 0 saturated heterocycles. The second-order valence-electron chi connectivity index (χ2n) is 24.9. The average molecular weight is 1150 g/mol. The third-order valence-corrected chi connectivity index (χ3v) is 16.6. The number of likely N-dealkylation sites (N-methyl/N-ethyl adjacent to an activating group) is 1. The van der Waals surface area contributed by atoms with Crippen molar-refractivity contribution in [2.75, 3.05) is 47.5 Å². The van der Waals surface area contributed by atoms with Crippen molar-refractivity contribution in [2.45, 2.75) is 354 Å². The van der Waals surface area contributed by atoms with Gasteiger partial charge >= 0.3 is 11.9 Å². The van der Waals surface area contributed by atoms with Crippen molar-refractivity contribution in [2.24, 2.45) is 0 Å². The standard InChI is InChI=1S/C70H134NO8P/c1-6-8-10-12-14-16-18-20-22-24-25-26-27-28-29-30-31-32-33-34-35-36-37-38-39-40-41-42-43-44-45-47-49-51-53-55-57-59-61-63-70(73)79-68(67-78-80(74,75)77-65-64-71(3,4)5)66-76-69(72)62-60-58-56-54-52-50-48-46-23-21-19-17-15-13-11-9-7-2/h18,20-21,23-25,68H,6-17,19,22,26-67H2,1-5H3/b20-18-,23-21-,25-24-. The Hall–Kier alpha value is -1.77. The number of quaternary nitrogens is 1. The maximum atomic E-state index is 12.8. The van der Waals surface area contributed by atoms with Gasteiger partial charge in [-0.3, -0.25) is 14.2 Å². The van der Waals surface area contributed by atoms with Crippen LogP contribution in [0.4, 0.5) is 0 Å². The summed E-state index contributed by atoms with van der Waals surface area (Å²) in [5.41, 5.74) is 0. The predicted molar refractivity (Wildman–Crippen MR) is 342 cm³/mol. The number of carbonyl (C=O) groups excluding carboxylic acids is 2. The zero-order valence-corrected chi connectivity index (χ0v) is 54.7. The van der Waals surface area contributed by atoms with Crippen molar-refractivity contribution in [3.8, 4) is 0 Å². The summed E-state index contributed by atoms with van der Waals surface area (Å²) >= 11 is 0. The first-order valence-electron chi connectivity index (χ1n) is 34.7. The highest BCUT2D eigenvalue weighted by molar-refractivity contribution is 7.45. The number of hydrogen-bond acceptors (Lipinski definition) is 8. The fourth-order valence-corrected chi connectivity index (χ4v) is 11.0. The quantitative estimate of drug-likeness (QED) is 0.0195. The highest BCUT2D eigenvalue weighted by Crippen LogP contribution is 2.38. The molecule has 0 bridgehead atoms. The Bertz CT molecular complexity index is 1440. The number of carbonyl (C=O) groups is 2. The van der Waals surface area contributed by atoms with Gasteiger partial charge in [-0.05, 0) is 70.6 Å². The van der Waals surface area contributed by atoms with E-state index in [1.165, 1.54) is 263 Å². The average Bonchev–Trinajstić information content (AvgIpc) is 3.42. The first-order chi connectivity index (χ1) is 39.0. The van der Waals surface area contributed by atoms with Crippen molar-refractivity contribution < 1.29 is 42.1 Å². The third-order valence-electron chi connectivity index (χ3n) is 15.6. The van der Waals surface area contributed by atoms with Gasteiger partial charge in [-0.25, -0.2) is 0 Å². The van der Waals surface area contributed by atoms with Crippen LogP contribution in [0, 0.1) is 0 Å². The van der Waals surface area contributed by atoms with Gasteiger partial charge in [0.25, 0.3) is 7.82 Å². The van der Waals surface area contributed by atoms with Gasteiger partial charge in [-0.15, -0.1) is 0 Å². The van der Waals surface area contributed by atoms with Crippen LogP contribution in [-0.2, 0) is 32.7 Å². The third kappa shape index (κ3) is 65.4. The fourth-order valence-electron chi connectivity index (χ4n) is 10.3. The van der Waals surface area contributed by atoms with E-state index in [4.69, 9.17) is 18.5 Å². The zero-order chi connectivity index (χ0) is 58.4. The van der Waals surface area contributed by atoms with Crippen LogP contribution < -0.4 is 4.89 Å². The molecule has 0 rings (SSSR count). The van der Waals surface area contributed by atoms with Gasteiger partial charge in [-0.2, -0.15) is 0 Å². The van der Waals surface area contributed by atoms with Crippen molar-refractivity contribution in [1.29, 1.82) is 0 Å². The van der Waals surface area contributed by atoms with Gasteiger partial charge < -0.3 is 27.9 Å². The molecule has 0 aliphatic rings. The van der Waals surface area contributed by atoms with Crippen LogP contribution in [0.1, 0.15) is 348 Å². The molecule has 80 heavy (non-hydrogen) atoms. The van der Waals surface area contributed by atoms with Crippen LogP contribution >= 0.6 is 7.82 Å². The van der Waals surface area contributed by atoms with Gasteiger partial charge in [0, 0.05) is 12.8 Å². The van der Waals surface area contributed by atoms with E-state index >= 15 is 0 Å². The van der Waals surface area contributed by atoms with E-state index < -0.39 is 26.5 Å².